The van der Waals surface area contributed by atoms with Gasteiger partial charge in [-0.15, -0.1) is 0 Å². The molecule has 1 rings (SSSR count). The largest absolute Gasteiger partial charge is 0.493 e. The van der Waals surface area contributed by atoms with Crippen LogP contribution in [-0.2, 0) is 14.3 Å². The number of esters is 1. The Labute approximate surface area is 111 Å². The Kier molecular flexibility index (Phi) is 6.21. The van der Waals surface area contributed by atoms with Gasteiger partial charge in [0.1, 0.15) is 5.75 Å². The van der Waals surface area contributed by atoms with Gasteiger partial charge in [0.15, 0.2) is 6.61 Å². The second-order valence-corrected chi connectivity index (χ2v) is 3.79. The van der Waals surface area contributed by atoms with Crippen molar-refractivity contribution in [2.75, 3.05) is 25.5 Å². The van der Waals surface area contributed by atoms with Crippen LogP contribution < -0.4 is 15.8 Å². The summed E-state index contributed by atoms with van der Waals surface area (Å²) in [4.78, 5) is 22.3. The summed E-state index contributed by atoms with van der Waals surface area (Å²) in [6, 6.07) is 6.92. The summed E-state index contributed by atoms with van der Waals surface area (Å²) in [7, 11) is 0. The number of rotatable bonds is 7. The molecule has 1 aromatic carbocycles. The molecule has 0 unspecified atom stereocenters. The van der Waals surface area contributed by atoms with E-state index in [9.17, 15) is 9.59 Å². The van der Waals surface area contributed by atoms with E-state index in [1.54, 1.807) is 31.2 Å². The van der Waals surface area contributed by atoms with Gasteiger partial charge in [-0.3, -0.25) is 9.59 Å². The first kappa shape index (κ1) is 14.8. The highest BCUT2D eigenvalue weighted by molar-refractivity contribution is 5.80. The fourth-order valence-electron chi connectivity index (χ4n) is 1.32. The van der Waals surface area contributed by atoms with Crippen molar-refractivity contribution in [3.05, 3.63) is 24.3 Å². The van der Waals surface area contributed by atoms with Gasteiger partial charge >= 0.3 is 5.97 Å². The summed E-state index contributed by atoms with van der Waals surface area (Å²) in [5.41, 5.74) is 6.18. The lowest BCUT2D eigenvalue weighted by atomic mass is 10.3. The zero-order valence-corrected chi connectivity index (χ0v) is 10.8. The third kappa shape index (κ3) is 6.30. The first-order chi connectivity index (χ1) is 9.11. The Bertz CT molecular complexity index is 434. The van der Waals surface area contributed by atoms with E-state index in [0.29, 0.717) is 18.0 Å². The van der Waals surface area contributed by atoms with E-state index in [0.717, 1.165) is 0 Å². The minimum Gasteiger partial charge on any atom is -0.493 e. The molecule has 19 heavy (non-hydrogen) atoms. The number of nitrogens with two attached hydrogens (primary N) is 1. The molecule has 104 valence electrons. The molecule has 0 bridgehead atoms. The van der Waals surface area contributed by atoms with Gasteiger partial charge in [-0.2, -0.15) is 0 Å². The van der Waals surface area contributed by atoms with E-state index >= 15 is 0 Å². The lowest BCUT2D eigenvalue weighted by molar-refractivity contribution is -0.149. The highest BCUT2D eigenvalue weighted by Crippen LogP contribution is 2.14. The molecule has 0 aliphatic carbocycles. The zero-order valence-electron chi connectivity index (χ0n) is 10.8. The summed E-state index contributed by atoms with van der Waals surface area (Å²) in [6.45, 7) is 2.22. The molecule has 1 amide bonds. The number of carbonyl (C=O) groups is 2. The fourth-order valence-corrected chi connectivity index (χ4v) is 1.32. The second-order valence-electron chi connectivity index (χ2n) is 3.79. The Morgan fingerprint density at radius 3 is 2.84 bits per heavy atom. The van der Waals surface area contributed by atoms with Crippen LogP contribution >= 0.6 is 0 Å². The predicted octanol–water partition coefficient (Wildman–Crippen LogP) is 0.717. The standard InChI is InChI=1S/C13H18N2O4/c1-2-15-12(16)9-19-13(17)6-7-18-11-5-3-4-10(14)8-11/h3-5,8H,2,6-7,9,14H2,1H3,(H,15,16). The molecular weight excluding hydrogens is 248 g/mol. The Morgan fingerprint density at radius 1 is 1.37 bits per heavy atom. The van der Waals surface area contributed by atoms with Crippen molar-refractivity contribution >= 4 is 17.6 Å². The third-order valence-corrected chi connectivity index (χ3v) is 2.17. The molecule has 1 aromatic rings. The van der Waals surface area contributed by atoms with Crippen LogP contribution in [0.4, 0.5) is 5.69 Å². The lowest BCUT2D eigenvalue weighted by Gasteiger charge is -2.07. The molecule has 0 heterocycles. The topological polar surface area (TPSA) is 90.6 Å². The van der Waals surface area contributed by atoms with Crippen LogP contribution in [0.2, 0.25) is 0 Å². The van der Waals surface area contributed by atoms with E-state index in [2.05, 4.69) is 5.32 Å². The molecule has 6 nitrogen and oxygen atoms in total. The van der Waals surface area contributed by atoms with Crippen molar-refractivity contribution in [3.63, 3.8) is 0 Å². The maximum absolute atomic E-state index is 11.3. The number of benzene rings is 1. The highest BCUT2D eigenvalue weighted by atomic mass is 16.5. The highest BCUT2D eigenvalue weighted by Gasteiger charge is 2.07. The van der Waals surface area contributed by atoms with Crippen LogP contribution in [0, 0.1) is 0 Å². The van der Waals surface area contributed by atoms with E-state index in [1.165, 1.54) is 0 Å². The van der Waals surface area contributed by atoms with Crippen molar-refractivity contribution in [1.29, 1.82) is 0 Å². The first-order valence-corrected chi connectivity index (χ1v) is 6.02. The summed E-state index contributed by atoms with van der Waals surface area (Å²) >= 11 is 0. The molecular formula is C13H18N2O4. The summed E-state index contributed by atoms with van der Waals surface area (Å²) in [6.07, 6.45) is 0.0776. The van der Waals surface area contributed by atoms with Crippen molar-refractivity contribution in [2.24, 2.45) is 0 Å². The van der Waals surface area contributed by atoms with E-state index in [-0.39, 0.29) is 25.5 Å². The van der Waals surface area contributed by atoms with Gasteiger partial charge in [-0.1, -0.05) is 6.07 Å². The summed E-state index contributed by atoms with van der Waals surface area (Å²) < 4.78 is 10.1. The number of anilines is 1. The van der Waals surface area contributed by atoms with Crippen LogP contribution in [0.3, 0.4) is 0 Å². The molecule has 0 aromatic heterocycles. The van der Waals surface area contributed by atoms with Crippen LogP contribution in [0.5, 0.6) is 5.75 Å². The van der Waals surface area contributed by atoms with Gasteiger partial charge in [0.2, 0.25) is 0 Å². The van der Waals surface area contributed by atoms with Crippen molar-refractivity contribution < 1.29 is 19.1 Å². The fraction of sp³-hybridized carbons (Fsp3) is 0.385. The third-order valence-electron chi connectivity index (χ3n) is 2.17. The number of carbonyl (C=O) groups excluding carboxylic acids is 2. The smallest absolute Gasteiger partial charge is 0.309 e. The van der Waals surface area contributed by atoms with Crippen LogP contribution in [-0.4, -0.2) is 31.6 Å². The van der Waals surface area contributed by atoms with Crippen LogP contribution in [0.25, 0.3) is 0 Å². The average molecular weight is 266 g/mol. The Hall–Kier alpha value is -2.24. The number of ether oxygens (including phenoxy) is 2. The van der Waals surface area contributed by atoms with Gasteiger partial charge in [-0.05, 0) is 19.1 Å². The van der Waals surface area contributed by atoms with E-state index in [4.69, 9.17) is 15.2 Å². The van der Waals surface area contributed by atoms with Gasteiger partial charge in [0, 0.05) is 18.3 Å². The SMILES string of the molecule is CCNC(=O)COC(=O)CCOc1cccc(N)c1. The van der Waals surface area contributed by atoms with Crippen molar-refractivity contribution in [3.8, 4) is 5.75 Å². The van der Waals surface area contributed by atoms with Crippen molar-refractivity contribution in [2.45, 2.75) is 13.3 Å². The predicted molar refractivity (Wildman–Crippen MR) is 70.6 cm³/mol. The first-order valence-electron chi connectivity index (χ1n) is 6.02. The van der Waals surface area contributed by atoms with Crippen LogP contribution in [0.15, 0.2) is 24.3 Å². The number of likely N-dealkylation sites (N-methyl/N-ethyl adjacent to an activating group) is 1. The normalized spacial score (nSPS) is 9.74. The van der Waals surface area contributed by atoms with Gasteiger partial charge in [0.05, 0.1) is 13.0 Å². The molecule has 3 N–H and O–H groups in total. The minimum atomic E-state index is -0.477. The minimum absolute atomic E-state index is 0.0776. The van der Waals surface area contributed by atoms with Gasteiger partial charge in [0.25, 0.3) is 5.91 Å². The van der Waals surface area contributed by atoms with Crippen LogP contribution in [0.1, 0.15) is 13.3 Å². The molecule has 0 atom stereocenters. The van der Waals surface area contributed by atoms with E-state index in [1.807, 2.05) is 0 Å². The maximum Gasteiger partial charge on any atom is 0.309 e. The van der Waals surface area contributed by atoms with Gasteiger partial charge < -0.3 is 20.5 Å². The molecule has 0 fully saturated rings. The maximum atomic E-state index is 11.3. The number of amides is 1. The molecule has 0 aliphatic heterocycles. The second kappa shape index (κ2) is 7.97. The molecule has 0 aliphatic rings. The summed E-state index contributed by atoms with van der Waals surface area (Å²) in [5.74, 6) is -0.195. The molecule has 6 heteroatoms. The van der Waals surface area contributed by atoms with Crippen molar-refractivity contribution in [1.82, 2.24) is 5.32 Å². The Morgan fingerprint density at radius 2 is 2.16 bits per heavy atom. The molecule has 0 saturated carbocycles. The monoisotopic (exact) mass is 266 g/mol. The number of hydrogen-bond acceptors (Lipinski definition) is 5. The number of nitrogens with one attached hydrogen (secondary N) is 1. The molecule has 0 saturated heterocycles. The molecule has 0 spiro atoms. The number of nitrogen functional groups attached to an aromatic ring is 1. The Balaban J connectivity index is 2.18. The lowest BCUT2D eigenvalue weighted by Crippen LogP contribution is -2.28. The van der Waals surface area contributed by atoms with Gasteiger partial charge in [-0.25, -0.2) is 0 Å². The zero-order chi connectivity index (χ0) is 14.1. The molecule has 0 radical (unpaired) electrons. The van der Waals surface area contributed by atoms with E-state index < -0.39 is 5.97 Å². The quantitative estimate of drug-likeness (QED) is 0.560. The summed E-state index contributed by atoms with van der Waals surface area (Å²) in [5, 5.41) is 2.53. The average Bonchev–Trinajstić information content (AvgIpc) is 2.37. The number of hydrogen-bond donors (Lipinski definition) is 2.